The lowest BCUT2D eigenvalue weighted by atomic mass is 9.66. The Morgan fingerprint density at radius 3 is 1.64 bits per heavy atom. The Hall–Kier alpha value is -0.860. The third-order valence-electron chi connectivity index (χ3n) is 4.12. The summed E-state index contributed by atoms with van der Waals surface area (Å²) in [6.07, 6.45) is 2.52. The van der Waals surface area contributed by atoms with Gasteiger partial charge in [-0.15, -0.1) is 0 Å². The van der Waals surface area contributed by atoms with Crippen LogP contribution in [-0.2, 0) is 9.59 Å². The number of rotatable bonds is 7. The molecule has 0 aliphatic heterocycles. The summed E-state index contributed by atoms with van der Waals surface area (Å²) in [4.78, 5) is 25.3. The van der Waals surface area contributed by atoms with Gasteiger partial charge >= 0.3 is 0 Å². The van der Waals surface area contributed by atoms with Crippen LogP contribution in [-0.4, -0.2) is 17.2 Å². The van der Waals surface area contributed by atoms with E-state index in [1.165, 1.54) is 0 Å². The van der Waals surface area contributed by atoms with Crippen molar-refractivity contribution in [1.82, 2.24) is 5.32 Å². The molecule has 0 spiro atoms. The summed E-state index contributed by atoms with van der Waals surface area (Å²) in [5, 5.41) is 3.15. The Kier molecular flexibility index (Phi) is 6.46. The molecule has 0 radical (unpaired) electrons. The van der Waals surface area contributed by atoms with Crippen molar-refractivity contribution >= 4 is 11.7 Å². The van der Waals surface area contributed by atoms with E-state index in [2.05, 4.69) is 26.1 Å². The number of hydrogen-bond acceptors (Lipinski definition) is 2. The average molecular weight is 312 g/mol. The lowest BCUT2D eigenvalue weighted by Crippen LogP contribution is -2.50. The molecular weight excluding hydrogens is 274 g/mol. The fourth-order valence-electron chi connectivity index (χ4n) is 3.44. The molecule has 130 valence electrons. The maximum absolute atomic E-state index is 12.7. The van der Waals surface area contributed by atoms with Crippen LogP contribution in [0.3, 0.4) is 0 Å². The minimum absolute atomic E-state index is 0.0285. The third-order valence-corrected chi connectivity index (χ3v) is 4.12. The predicted molar refractivity (Wildman–Crippen MR) is 93.8 cm³/mol. The number of carbonyl (C=O) groups excluding carboxylic acids is 2. The van der Waals surface area contributed by atoms with E-state index in [1.807, 2.05) is 48.5 Å². The zero-order chi connectivity index (χ0) is 18.0. The van der Waals surface area contributed by atoms with E-state index in [9.17, 15) is 9.59 Å². The summed E-state index contributed by atoms with van der Waals surface area (Å²) in [6.45, 7) is 19.8. The molecule has 0 saturated carbocycles. The summed E-state index contributed by atoms with van der Waals surface area (Å²) in [7, 11) is 0. The molecule has 0 atom stereocenters. The Bertz CT molecular complexity index is 412. The van der Waals surface area contributed by atoms with E-state index in [0.717, 1.165) is 12.8 Å². The van der Waals surface area contributed by atoms with Gasteiger partial charge in [0.15, 0.2) is 0 Å². The second-order valence-electron chi connectivity index (χ2n) is 9.61. The van der Waals surface area contributed by atoms with E-state index < -0.39 is 16.2 Å². The van der Waals surface area contributed by atoms with E-state index in [1.54, 1.807) is 0 Å². The Morgan fingerprint density at radius 1 is 0.818 bits per heavy atom. The number of carbonyl (C=O) groups is 2. The van der Waals surface area contributed by atoms with E-state index in [-0.39, 0.29) is 17.2 Å². The SMILES string of the molecule is CCCC(C)(C)NC(=O)C(C)(C)CC(C)(C)C(=O)C(C)(C)C. The first kappa shape index (κ1) is 21.1. The number of ketones is 1. The van der Waals surface area contributed by atoms with Crippen molar-refractivity contribution in [3.8, 4) is 0 Å². The lowest BCUT2D eigenvalue weighted by molar-refractivity contribution is -0.140. The largest absolute Gasteiger partial charge is 0.351 e. The second kappa shape index (κ2) is 6.72. The van der Waals surface area contributed by atoms with Crippen LogP contribution in [0.25, 0.3) is 0 Å². The molecule has 1 amide bonds. The average Bonchev–Trinajstić information content (AvgIpc) is 2.24. The number of nitrogens with one attached hydrogen (secondary N) is 1. The van der Waals surface area contributed by atoms with Crippen LogP contribution in [0, 0.1) is 16.2 Å². The van der Waals surface area contributed by atoms with Crippen LogP contribution in [0.2, 0.25) is 0 Å². The minimum atomic E-state index is -0.574. The summed E-state index contributed by atoms with van der Waals surface area (Å²) >= 11 is 0. The van der Waals surface area contributed by atoms with Crippen LogP contribution in [0.5, 0.6) is 0 Å². The molecule has 3 heteroatoms. The Morgan fingerprint density at radius 2 is 1.27 bits per heavy atom. The number of Topliss-reactive ketones (excluding diaryl/α,β-unsaturated/α-hetero) is 1. The van der Waals surface area contributed by atoms with Crippen LogP contribution >= 0.6 is 0 Å². The van der Waals surface area contributed by atoms with Crippen molar-refractivity contribution in [3.63, 3.8) is 0 Å². The van der Waals surface area contributed by atoms with E-state index in [4.69, 9.17) is 0 Å². The molecule has 1 N–H and O–H groups in total. The molecule has 0 unspecified atom stereocenters. The molecule has 0 heterocycles. The molecule has 0 rings (SSSR count). The van der Waals surface area contributed by atoms with Gasteiger partial charge in [-0.05, 0) is 26.7 Å². The van der Waals surface area contributed by atoms with Crippen LogP contribution < -0.4 is 5.32 Å². The fraction of sp³-hybridized carbons (Fsp3) is 0.895. The van der Waals surface area contributed by atoms with Gasteiger partial charge in [0.05, 0.1) is 0 Å². The van der Waals surface area contributed by atoms with Crippen molar-refractivity contribution in [2.24, 2.45) is 16.2 Å². The highest BCUT2D eigenvalue weighted by molar-refractivity contribution is 5.90. The van der Waals surface area contributed by atoms with Gasteiger partial charge in [-0.25, -0.2) is 0 Å². The van der Waals surface area contributed by atoms with Gasteiger partial charge in [0, 0.05) is 21.8 Å². The lowest BCUT2D eigenvalue weighted by Gasteiger charge is -2.38. The summed E-state index contributed by atoms with van der Waals surface area (Å²) in [5.74, 6) is 0.231. The van der Waals surface area contributed by atoms with Crippen molar-refractivity contribution in [3.05, 3.63) is 0 Å². The molecule has 0 aliphatic rings. The van der Waals surface area contributed by atoms with Gasteiger partial charge in [-0.1, -0.05) is 61.8 Å². The monoisotopic (exact) mass is 311 g/mol. The first-order valence-corrected chi connectivity index (χ1v) is 8.43. The van der Waals surface area contributed by atoms with Crippen molar-refractivity contribution in [2.45, 2.75) is 94.0 Å². The van der Waals surface area contributed by atoms with Gasteiger partial charge in [0.1, 0.15) is 5.78 Å². The molecule has 0 aromatic carbocycles. The first-order chi connectivity index (χ1) is 9.55. The Balaban J connectivity index is 5.10. The highest BCUT2D eigenvalue weighted by atomic mass is 16.2. The quantitative estimate of drug-likeness (QED) is 0.738. The molecule has 0 bridgehead atoms. The predicted octanol–water partition coefficient (Wildman–Crippen LogP) is 4.74. The zero-order valence-corrected chi connectivity index (χ0v) is 16.4. The maximum atomic E-state index is 12.7. The van der Waals surface area contributed by atoms with Gasteiger partial charge in [0.2, 0.25) is 5.91 Å². The summed E-state index contributed by atoms with van der Waals surface area (Å²) < 4.78 is 0. The van der Waals surface area contributed by atoms with Crippen LogP contribution in [0.4, 0.5) is 0 Å². The van der Waals surface area contributed by atoms with Gasteiger partial charge in [-0.3, -0.25) is 9.59 Å². The number of amides is 1. The molecule has 22 heavy (non-hydrogen) atoms. The topological polar surface area (TPSA) is 46.2 Å². The molecule has 0 aromatic heterocycles. The van der Waals surface area contributed by atoms with E-state index in [0.29, 0.717) is 6.42 Å². The van der Waals surface area contributed by atoms with Crippen molar-refractivity contribution < 1.29 is 9.59 Å². The summed E-state index contributed by atoms with van der Waals surface area (Å²) in [5.41, 5.74) is -1.69. The molecule has 3 nitrogen and oxygen atoms in total. The standard InChI is InChI=1S/C19H37NO2/c1-11-12-19(9,10)20-15(22)18(7,8)13-17(5,6)14(21)16(2,3)4/h11-13H2,1-10H3,(H,20,22). The zero-order valence-electron chi connectivity index (χ0n) is 16.4. The maximum Gasteiger partial charge on any atom is 0.226 e. The van der Waals surface area contributed by atoms with Gasteiger partial charge < -0.3 is 5.32 Å². The van der Waals surface area contributed by atoms with Crippen LogP contribution in [0.15, 0.2) is 0 Å². The molecule has 0 aromatic rings. The third kappa shape index (κ3) is 6.10. The molecular formula is C19H37NO2. The highest BCUT2D eigenvalue weighted by Crippen LogP contribution is 2.39. The first-order valence-electron chi connectivity index (χ1n) is 8.43. The smallest absolute Gasteiger partial charge is 0.226 e. The van der Waals surface area contributed by atoms with Crippen molar-refractivity contribution in [2.75, 3.05) is 0 Å². The van der Waals surface area contributed by atoms with Gasteiger partial charge in [-0.2, -0.15) is 0 Å². The van der Waals surface area contributed by atoms with Crippen LogP contribution in [0.1, 0.15) is 88.5 Å². The molecule has 0 aliphatic carbocycles. The normalized spacial score (nSPS) is 13.9. The highest BCUT2D eigenvalue weighted by Gasteiger charge is 2.43. The number of hydrogen-bond donors (Lipinski definition) is 1. The fourth-order valence-corrected chi connectivity index (χ4v) is 3.44. The molecule has 0 saturated heterocycles. The van der Waals surface area contributed by atoms with Crippen molar-refractivity contribution in [1.29, 1.82) is 0 Å². The van der Waals surface area contributed by atoms with E-state index >= 15 is 0 Å². The molecule has 0 fully saturated rings. The summed E-state index contributed by atoms with van der Waals surface area (Å²) in [6, 6.07) is 0. The Labute approximate surface area is 137 Å². The van der Waals surface area contributed by atoms with Gasteiger partial charge in [0.25, 0.3) is 0 Å². The second-order valence-corrected chi connectivity index (χ2v) is 9.61. The minimum Gasteiger partial charge on any atom is -0.351 e.